The second kappa shape index (κ2) is 4.42. The molecule has 2 unspecified atom stereocenters. The third kappa shape index (κ3) is 2.00. The van der Waals surface area contributed by atoms with Crippen LogP contribution in [0.25, 0.3) is 0 Å². The van der Waals surface area contributed by atoms with E-state index < -0.39 is 11.5 Å². The van der Waals surface area contributed by atoms with Crippen molar-refractivity contribution >= 4 is 17.3 Å². The highest BCUT2D eigenvalue weighted by Gasteiger charge is 2.45. The van der Waals surface area contributed by atoms with E-state index in [9.17, 15) is 9.90 Å². The maximum absolute atomic E-state index is 11.5. The van der Waals surface area contributed by atoms with Crippen molar-refractivity contribution in [2.75, 3.05) is 6.54 Å². The van der Waals surface area contributed by atoms with Crippen LogP contribution in [-0.2, 0) is 4.79 Å². The molecule has 1 aliphatic rings. The first kappa shape index (κ1) is 12.6. The van der Waals surface area contributed by atoms with E-state index >= 15 is 0 Å². The van der Waals surface area contributed by atoms with Crippen LogP contribution in [0, 0.1) is 6.92 Å². The number of carboxylic acids is 1. The van der Waals surface area contributed by atoms with Crippen molar-refractivity contribution < 1.29 is 9.90 Å². The maximum atomic E-state index is 11.5. The van der Waals surface area contributed by atoms with Crippen LogP contribution in [-0.4, -0.2) is 28.1 Å². The van der Waals surface area contributed by atoms with Gasteiger partial charge in [0.25, 0.3) is 0 Å². The highest BCUT2D eigenvalue weighted by molar-refractivity contribution is 7.10. The van der Waals surface area contributed by atoms with Crippen LogP contribution >= 0.6 is 11.3 Å². The monoisotopic (exact) mass is 253 g/mol. The largest absolute Gasteiger partial charge is 0.480 e. The molecule has 0 bridgehead atoms. The van der Waals surface area contributed by atoms with Crippen molar-refractivity contribution in [1.29, 1.82) is 0 Å². The fourth-order valence-corrected chi connectivity index (χ4v) is 3.79. The number of carbonyl (C=O) groups is 1. The summed E-state index contributed by atoms with van der Waals surface area (Å²) >= 11 is 1.72. The van der Waals surface area contributed by atoms with Crippen molar-refractivity contribution in [3.63, 3.8) is 0 Å². The molecule has 1 N–H and O–H groups in total. The molecule has 1 fully saturated rings. The molecule has 0 saturated carbocycles. The van der Waals surface area contributed by atoms with Gasteiger partial charge in [-0.3, -0.25) is 9.69 Å². The molecule has 0 amide bonds. The first-order chi connectivity index (χ1) is 7.97. The third-order valence-corrected chi connectivity index (χ3v) is 5.10. The topological polar surface area (TPSA) is 40.5 Å². The molecular formula is C13H19NO2S. The van der Waals surface area contributed by atoms with Gasteiger partial charge in [-0.05, 0) is 57.2 Å². The predicted molar refractivity (Wildman–Crippen MR) is 69.5 cm³/mol. The Labute approximate surface area is 106 Å². The molecule has 1 aromatic heterocycles. The average Bonchev–Trinajstić information content (AvgIpc) is 2.84. The zero-order valence-corrected chi connectivity index (χ0v) is 11.4. The Kier molecular flexibility index (Phi) is 3.27. The smallest absolute Gasteiger partial charge is 0.323 e. The first-order valence-corrected chi connectivity index (χ1v) is 6.89. The number of aliphatic carboxylic acids is 1. The summed E-state index contributed by atoms with van der Waals surface area (Å²) in [5, 5.41) is 11.5. The van der Waals surface area contributed by atoms with Crippen LogP contribution in [0.4, 0.5) is 0 Å². The van der Waals surface area contributed by atoms with Gasteiger partial charge in [0.1, 0.15) is 5.54 Å². The summed E-state index contributed by atoms with van der Waals surface area (Å²) in [7, 11) is 0. The van der Waals surface area contributed by atoms with Crippen molar-refractivity contribution in [3.05, 3.63) is 21.9 Å². The molecule has 1 aromatic rings. The van der Waals surface area contributed by atoms with E-state index in [1.807, 2.05) is 6.92 Å². The number of rotatable bonds is 3. The molecule has 4 heteroatoms. The fraction of sp³-hybridized carbons (Fsp3) is 0.615. The molecule has 1 saturated heterocycles. The van der Waals surface area contributed by atoms with Crippen LogP contribution in [0.1, 0.15) is 43.2 Å². The minimum atomic E-state index is -0.699. The molecular weight excluding hydrogens is 234 g/mol. The van der Waals surface area contributed by atoms with E-state index in [0.717, 1.165) is 19.4 Å². The quantitative estimate of drug-likeness (QED) is 0.900. The molecule has 0 spiro atoms. The molecule has 0 radical (unpaired) electrons. The van der Waals surface area contributed by atoms with E-state index in [-0.39, 0.29) is 6.04 Å². The van der Waals surface area contributed by atoms with Crippen LogP contribution in [0.3, 0.4) is 0 Å². The Hall–Kier alpha value is -0.870. The predicted octanol–water partition coefficient (Wildman–Crippen LogP) is 3.06. The lowest BCUT2D eigenvalue weighted by molar-refractivity contribution is -0.149. The van der Waals surface area contributed by atoms with Crippen molar-refractivity contribution in [2.45, 2.75) is 45.2 Å². The van der Waals surface area contributed by atoms with Crippen LogP contribution in [0.5, 0.6) is 0 Å². The molecule has 3 nitrogen and oxygen atoms in total. The molecule has 0 aromatic carbocycles. The number of hydrogen-bond donors (Lipinski definition) is 1. The molecule has 2 atom stereocenters. The second-order valence-electron chi connectivity index (χ2n) is 5.02. The molecule has 0 aliphatic carbocycles. The van der Waals surface area contributed by atoms with Gasteiger partial charge >= 0.3 is 5.97 Å². The molecule has 1 aliphatic heterocycles. The number of thiophene rings is 1. The highest BCUT2D eigenvalue weighted by Crippen LogP contribution is 2.39. The highest BCUT2D eigenvalue weighted by atomic mass is 32.1. The van der Waals surface area contributed by atoms with E-state index in [4.69, 9.17) is 0 Å². The Morgan fingerprint density at radius 2 is 2.35 bits per heavy atom. The van der Waals surface area contributed by atoms with Crippen molar-refractivity contribution in [3.8, 4) is 0 Å². The number of carboxylic acid groups (broad SMARTS) is 1. The molecule has 17 heavy (non-hydrogen) atoms. The van der Waals surface area contributed by atoms with Gasteiger partial charge in [0.15, 0.2) is 0 Å². The number of hydrogen-bond acceptors (Lipinski definition) is 3. The summed E-state index contributed by atoms with van der Waals surface area (Å²) in [5.74, 6) is -0.698. The minimum absolute atomic E-state index is 0.193. The lowest BCUT2D eigenvalue weighted by Crippen LogP contribution is -2.48. The van der Waals surface area contributed by atoms with E-state index in [1.165, 1.54) is 10.4 Å². The van der Waals surface area contributed by atoms with E-state index in [2.05, 4.69) is 30.2 Å². The summed E-state index contributed by atoms with van der Waals surface area (Å²) in [6.45, 7) is 6.94. The van der Waals surface area contributed by atoms with Gasteiger partial charge in [0.05, 0.1) is 0 Å². The normalized spacial score (nSPS) is 27.2. The van der Waals surface area contributed by atoms with Gasteiger partial charge in [-0.25, -0.2) is 0 Å². The molecule has 94 valence electrons. The van der Waals surface area contributed by atoms with Gasteiger partial charge in [-0.1, -0.05) is 0 Å². The Balaban J connectivity index is 2.28. The summed E-state index contributed by atoms with van der Waals surface area (Å²) < 4.78 is 0. The van der Waals surface area contributed by atoms with E-state index in [0.29, 0.717) is 0 Å². The fourth-order valence-electron chi connectivity index (χ4n) is 2.79. The SMILES string of the molecule is Cc1ccsc1C(C)N1CCCC1(C)C(=O)O. The van der Waals surface area contributed by atoms with Gasteiger partial charge in [-0.2, -0.15) is 0 Å². The summed E-state index contributed by atoms with van der Waals surface area (Å²) in [4.78, 5) is 14.9. The Morgan fingerprint density at radius 3 is 2.88 bits per heavy atom. The zero-order chi connectivity index (χ0) is 12.6. The van der Waals surface area contributed by atoms with Crippen LogP contribution in [0.15, 0.2) is 11.4 Å². The lowest BCUT2D eigenvalue weighted by atomic mass is 9.97. The van der Waals surface area contributed by atoms with Gasteiger partial charge in [-0.15, -0.1) is 11.3 Å². The Morgan fingerprint density at radius 1 is 1.65 bits per heavy atom. The number of nitrogens with zero attached hydrogens (tertiary/aromatic N) is 1. The molecule has 2 rings (SSSR count). The number of likely N-dealkylation sites (tertiary alicyclic amines) is 1. The van der Waals surface area contributed by atoms with Gasteiger partial charge in [0, 0.05) is 10.9 Å². The van der Waals surface area contributed by atoms with E-state index in [1.54, 1.807) is 11.3 Å². The first-order valence-electron chi connectivity index (χ1n) is 6.01. The average molecular weight is 253 g/mol. The minimum Gasteiger partial charge on any atom is -0.480 e. The summed E-state index contributed by atoms with van der Waals surface area (Å²) in [6, 6.07) is 2.30. The molecule has 2 heterocycles. The zero-order valence-electron chi connectivity index (χ0n) is 10.6. The number of aryl methyl sites for hydroxylation is 1. The summed E-state index contributed by atoms with van der Waals surface area (Å²) in [6.07, 6.45) is 1.72. The third-order valence-electron chi connectivity index (χ3n) is 3.91. The summed E-state index contributed by atoms with van der Waals surface area (Å²) in [5.41, 5.74) is 0.567. The second-order valence-corrected chi connectivity index (χ2v) is 5.97. The Bertz CT molecular complexity index is 429. The maximum Gasteiger partial charge on any atom is 0.323 e. The van der Waals surface area contributed by atoms with Gasteiger partial charge < -0.3 is 5.11 Å². The lowest BCUT2D eigenvalue weighted by Gasteiger charge is -2.36. The van der Waals surface area contributed by atoms with Gasteiger partial charge in [0.2, 0.25) is 0 Å². The van der Waals surface area contributed by atoms with Crippen molar-refractivity contribution in [2.24, 2.45) is 0 Å². The van der Waals surface area contributed by atoms with Crippen molar-refractivity contribution in [1.82, 2.24) is 4.90 Å². The standard InChI is InChI=1S/C13H19NO2S/c1-9-5-8-17-11(9)10(2)14-7-4-6-13(14,3)12(15)16/h5,8,10H,4,6-7H2,1-3H3,(H,15,16). The van der Waals surface area contributed by atoms with Crippen LogP contribution < -0.4 is 0 Å². The van der Waals surface area contributed by atoms with Crippen LogP contribution in [0.2, 0.25) is 0 Å².